The van der Waals surface area contributed by atoms with Crippen LogP contribution in [-0.4, -0.2) is 47.4 Å². The number of aliphatic hydroxyl groups is 2. The summed E-state index contributed by atoms with van der Waals surface area (Å²) in [6.45, 7) is 4.94. The van der Waals surface area contributed by atoms with Gasteiger partial charge in [-0.2, -0.15) is 0 Å². The average Bonchev–Trinajstić information content (AvgIpc) is 3.58. The molecule has 6 heteroatoms. The van der Waals surface area contributed by atoms with Crippen molar-refractivity contribution < 1.29 is 24.5 Å². The number of rotatable bonds is 76. The predicted octanol–water partition coefficient (Wildman–Crippen LogP) is 26.6. The quantitative estimate of drug-likeness (QED) is 0.0320. The molecular weight excluding hydrogens is 1080 g/mol. The molecule has 2 unspecified atom stereocenters. The van der Waals surface area contributed by atoms with Crippen molar-refractivity contribution in [1.82, 2.24) is 5.32 Å². The molecule has 0 aliphatic heterocycles. The highest BCUT2D eigenvalue weighted by Gasteiger charge is 2.18. The summed E-state index contributed by atoms with van der Waals surface area (Å²) in [5.74, 6) is -0.0449. The Morgan fingerprint density at radius 3 is 0.807 bits per heavy atom. The largest absolute Gasteiger partial charge is 0.466 e. The van der Waals surface area contributed by atoms with Crippen molar-refractivity contribution in [3.63, 3.8) is 0 Å². The predicted molar refractivity (Wildman–Crippen MR) is 389 cm³/mol. The van der Waals surface area contributed by atoms with Crippen LogP contribution in [0.15, 0.2) is 36.5 Å². The second-order valence-electron chi connectivity index (χ2n) is 27.7. The lowest BCUT2D eigenvalue weighted by molar-refractivity contribution is -0.143. The van der Waals surface area contributed by atoms with Gasteiger partial charge in [-0.3, -0.25) is 9.59 Å². The number of aliphatic hydroxyl groups excluding tert-OH is 2. The van der Waals surface area contributed by atoms with Crippen molar-refractivity contribution in [3.05, 3.63) is 36.5 Å². The van der Waals surface area contributed by atoms with Gasteiger partial charge in [0, 0.05) is 12.8 Å². The third-order valence-electron chi connectivity index (χ3n) is 18.9. The Bertz CT molecular complexity index is 1430. The van der Waals surface area contributed by atoms with E-state index in [2.05, 4.69) is 43.5 Å². The van der Waals surface area contributed by atoms with Crippen molar-refractivity contribution in [2.75, 3.05) is 13.2 Å². The fourth-order valence-electron chi connectivity index (χ4n) is 12.7. The van der Waals surface area contributed by atoms with E-state index in [1.807, 2.05) is 6.08 Å². The molecule has 0 aliphatic carbocycles. The highest BCUT2D eigenvalue weighted by molar-refractivity contribution is 5.76. The van der Waals surface area contributed by atoms with Crippen LogP contribution in [0.1, 0.15) is 450 Å². The number of carbonyl (C=O) groups is 2. The normalized spacial score (nSPS) is 12.6. The Hall–Kier alpha value is -1.92. The van der Waals surface area contributed by atoms with Crippen LogP contribution < -0.4 is 5.32 Å². The minimum atomic E-state index is -0.841. The molecule has 0 bridgehead atoms. The zero-order valence-electron chi connectivity index (χ0n) is 59.7. The molecule has 0 aromatic carbocycles. The zero-order chi connectivity index (χ0) is 63.5. The zero-order valence-corrected chi connectivity index (χ0v) is 59.7. The van der Waals surface area contributed by atoms with Gasteiger partial charge in [-0.25, -0.2) is 0 Å². The molecule has 0 radical (unpaired) electrons. The van der Waals surface area contributed by atoms with Crippen molar-refractivity contribution in [1.29, 1.82) is 0 Å². The first-order chi connectivity index (χ1) is 43.5. The summed E-state index contributed by atoms with van der Waals surface area (Å²) in [6.07, 6.45) is 101. The van der Waals surface area contributed by atoms with Crippen molar-refractivity contribution in [2.45, 2.75) is 463 Å². The van der Waals surface area contributed by atoms with Crippen LogP contribution in [0.4, 0.5) is 0 Å². The topological polar surface area (TPSA) is 95.9 Å². The fourth-order valence-corrected chi connectivity index (χ4v) is 12.7. The van der Waals surface area contributed by atoms with E-state index in [4.69, 9.17) is 4.74 Å². The monoisotopic (exact) mass is 1240 g/mol. The fraction of sp³-hybridized carbons (Fsp3) is 0.902. The number of nitrogens with one attached hydrogen (secondary N) is 1. The number of carbonyl (C=O) groups excluding carboxylic acids is 2. The van der Waals surface area contributed by atoms with Crippen LogP contribution in [0.5, 0.6) is 0 Å². The number of unbranched alkanes of at least 4 members (excludes halogenated alkanes) is 61. The summed E-state index contributed by atoms with van der Waals surface area (Å²) in [7, 11) is 0. The number of esters is 1. The van der Waals surface area contributed by atoms with Gasteiger partial charge < -0.3 is 20.3 Å². The van der Waals surface area contributed by atoms with E-state index in [-0.39, 0.29) is 18.5 Å². The molecule has 0 aliphatic rings. The Morgan fingerprint density at radius 1 is 0.307 bits per heavy atom. The number of amides is 1. The molecule has 0 fully saturated rings. The summed E-state index contributed by atoms with van der Waals surface area (Å²) in [6, 6.07) is -0.625. The van der Waals surface area contributed by atoms with Gasteiger partial charge in [0.25, 0.3) is 0 Å². The molecule has 0 heterocycles. The first kappa shape index (κ1) is 86.1. The average molecular weight is 1240 g/mol. The summed E-state index contributed by atoms with van der Waals surface area (Å²) in [4.78, 5) is 24.6. The second kappa shape index (κ2) is 77.5. The van der Waals surface area contributed by atoms with Gasteiger partial charge in [-0.15, -0.1) is 0 Å². The van der Waals surface area contributed by atoms with Gasteiger partial charge in [-0.1, -0.05) is 391 Å². The second-order valence-corrected chi connectivity index (χ2v) is 27.7. The SMILES string of the molecule is CCCCCCCCC/C=C\CCCCCCCC(=O)OCCCCCCCCCCCCCCCCCCCC/C=C\CCCCCCCCCCCCCCCCCCCC(=O)NC(CO)C(O)/C=C/CCCCCCCCCCCCCCCC. The van der Waals surface area contributed by atoms with Crippen LogP contribution in [0, 0.1) is 0 Å². The van der Waals surface area contributed by atoms with Gasteiger partial charge >= 0.3 is 5.97 Å². The smallest absolute Gasteiger partial charge is 0.305 e. The van der Waals surface area contributed by atoms with Crippen LogP contribution in [0.25, 0.3) is 0 Å². The minimum absolute atomic E-state index is 0.0156. The van der Waals surface area contributed by atoms with Crippen LogP contribution >= 0.6 is 0 Å². The molecule has 0 aromatic heterocycles. The van der Waals surface area contributed by atoms with Crippen molar-refractivity contribution in [2.24, 2.45) is 0 Å². The lowest BCUT2D eigenvalue weighted by Gasteiger charge is -2.20. The Balaban J connectivity index is 3.33. The highest BCUT2D eigenvalue weighted by atomic mass is 16.5. The van der Waals surface area contributed by atoms with E-state index in [1.54, 1.807) is 6.08 Å². The van der Waals surface area contributed by atoms with Gasteiger partial charge in [0.2, 0.25) is 5.91 Å². The molecule has 0 aromatic rings. The van der Waals surface area contributed by atoms with Gasteiger partial charge in [-0.05, 0) is 83.5 Å². The van der Waals surface area contributed by atoms with Crippen molar-refractivity contribution >= 4 is 11.9 Å². The van der Waals surface area contributed by atoms with Crippen molar-refractivity contribution in [3.8, 4) is 0 Å². The summed E-state index contributed by atoms with van der Waals surface area (Å²) in [5, 5.41) is 23.2. The maximum Gasteiger partial charge on any atom is 0.305 e. The number of hydrogen-bond acceptors (Lipinski definition) is 5. The molecule has 520 valence electrons. The van der Waals surface area contributed by atoms with E-state index in [0.29, 0.717) is 19.4 Å². The van der Waals surface area contributed by atoms with E-state index < -0.39 is 12.1 Å². The van der Waals surface area contributed by atoms with Crippen LogP contribution in [0.3, 0.4) is 0 Å². The number of hydrogen-bond donors (Lipinski definition) is 3. The summed E-state index contributed by atoms with van der Waals surface area (Å²) >= 11 is 0. The van der Waals surface area contributed by atoms with Crippen LogP contribution in [0.2, 0.25) is 0 Å². The summed E-state index contributed by atoms with van der Waals surface area (Å²) < 4.78 is 5.50. The third-order valence-corrected chi connectivity index (χ3v) is 18.9. The lowest BCUT2D eigenvalue weighted by Crippen LogP contribution is -2.45. The number of ether oxygens (including phenoxy) is 1. The van der Waals surface area contributed by atoms with E-state index in [0.717, 1.165) is 44.9 Å². The third kappa shape index (κ3) is 73.1. The van der Waals surface area contributed by atoms with Gasteiger partial charge in [0.1, 0.15) is 0 Å². The molecule has 3 N–H and O–H groups in total. The Labute approximate surface area is 551 Å². The van der Waals surface area contributed by atoms with Gasteiger partial charge in [0.05, 0.1) is 25.4 Å². The lowest BCUT2D eigenvalue weighted by atomic mass is 10.0. The molecule has 2 atom stereocenters. The molecule has 0 saturated carbocycles. The standard InChI is InChI=1S/C82H157NO5/c1-3-5-7-9-11-13-15-17-19-46-50-54-58-62-66-70-74-80(85)79(78-84)83-81(86)75-71-67-63-59-55-51-47-44-42-40-38-36-34-32-30-28-26-24-22-21-23-25-27-29-31-33-35-37-39-41-43-45-49-53-57-61-65-69-73-77-88-82(87)76-72-68-64-60-56-52-48-20-18-16-14-12-10-8-6-4-2/h20-22,48,70,74,79-80,84-85H,3-19,23-47,49-69,71-73,75-78H2,1-2H3,(H,83,86)/b22-21-,48-20-,74-70+. The number of allylic oxidation sites excluding steroid dienone is 5. The van der Waals surface area contributed by atoms with Crippen LogP contribution in [-0.2, 0) is 14.3 Å². The first-order valence-electron chi connectivity index (χ1n) is 40.3. The Kier molecular flexibility index (Phi) is 75.8. The Morgan fingerprint density at radius 2 is 0.534 bits per heavy atom. The molecule has 88 heavy (non-hydrogen) atoms. The maximum absolute atomic E-state index is 12.5. The first-order valence-corrected chi connectivity index (χ1v) is 40.3. The highest BCUT2D eigenvalue weighted by Crippen LogP contribution is 2.20. The molecule has 0 saturated heterocycles. The van der Waals surface area contributed by atoms with Gasteiger partial charge in [0.15, 0.2) is 0 Å². The molecular formula is C82H157NO5. The minimum Gasteiger partial charge on any atom is -0.466 e. The van der Waals surface area contributed by atoms with E-state index in [9.17, 15) is 19.8 Å². The van der Waals surface area contributed by atoms with E-state index in [1.165, 1.54) is 379 Å². The molecule has 0 rings (SSSR count). The van der Waals surface area contributed by atoms with E-state index >= 15 is 0 Å². The molecule has 6 nitrogen and oxygen atoms in total. The maximum atomic E-state index is 12.5. The summed E-state index contributed by atoms with van der Waals surface area (Å²) in [5.41, 5.74) is 0. The molecule has 0 spiro atoms. The molecule has 1 amide bonds.